The Morgan fingerprint density at radius 3 is 2.92 bits per heavy atom. The molecule has 0 amide bonds. The van der Waals surface area contributed by atoms with Crippen LogP contribution < -0.4 is 11.3 Å². The molecule has 1 aromatic heterocycles. The van der Waals surface area contributed by atoms with Crippen LogP contribution in [0.25, 0.3) is 0 Å². The molecule has 3 N–H and O–H groups in total. The highest BCUT2D eigenvalue weighted by Gasteiger charge is 2.05. The third-order valence-corrected chi connectivity index (χ3v) is 2.23. The van der Waals surface area contributed by atoms with E-state index in [0.29, 0.717) is 0 Å². The maximum absolute atomic E-state index is 10.5. The summed E-state index contributed by atoms with van der Waals surface area (Å²) in [6.07, 6.45) is 0.227. The standard InChI is InChI=1S/C6H7ClN2OS.ClH/c7-5(10)3-4-1-2-11-6(4)9-8;/h1-2,9H,3,8H2;1H. The molecule has 12 heavy (non-hydrogen) atoms. The van der Waals surface area contributed by atoms with Gasteiger partial charge >= 0.3 is 0 Å². The quantitative estimate of drug-likeness (QED) is 0.470. The lowest BCUT2D eigenvalue weighted by molar-refractivity contribution is -0.111. The molecular formula is C6H8Cl2N2OS. The second-order valence-electron chi connectivity index (χ2n) is 1.95. The van der Waals surface area contributed by atoms with Crippen molar-refractivity contribution in [2.45, 2.75) is 6.42 Å². The summed E-state index contributed by atoms with van der Waals surface area (Å²) in [4.78, 5) is 10.5. The number of thiophene rings is 1. The number of nitrogens with one attached hydrogen (secondary N) is 1. The molecule has 0 fully saturated rings. The van der Waals surface area contributed by atoms with Crippen molar-refractivity contribution in [3.63, 3.8) is 0 Å². The van der Waals surface area contributed by atoms with Gasteiger partial charge in [-0.25, -0.2) is 5.84 Å². The van der Waals surface area contributed by atoms with Crippen LogP contribution in [0.3, 0.4) is 0 Å². The van der Waals surface area contributed by atoms with E-state index in [4.69, 9.17) is 17.4 Å². The monoisotopic (exact) mass is 226 g/mol. The molecule has 0 atom stereocenters. The Hall–Kier alpha value is -0.290. The number of nitrogens with two attached hydrogens (primary N) is 1. The van der Waals surface area contributed by atoms with Crippen LogP contribution >= 0.6 is 35.3 Å². The lowest BCUT2D eigenvalue weighted by atomic mass is 10.2. The molecule has 0 radical (unpaired) electrons. The molecule has 0 saturated heterocycles. The van der Waals surface area contributed by atoms with Crippen LogP contribution in [0.5, 0.6) is 0 Å². The Kier molecular flexibility index (Phi) is 5.24. The Labute approximate surface area is 85.3 Å². The number of nitrogen functional groups attached to an aromatic ring is 1. The number of hydrogen-bond acceptors (Lipinski definition) is 4. The molecule has 0 spiro atoms. The van der Waals surface area contributed by atoms with Gasteiger partial charge in [0.25, 0.3) is 0 Å². The van der Waals surface area contributed by atoms with Gasteiger partial charge in [0, 0.05) is 6.42 Å². The van der Waals surface area contributed by atoms with E-state index in [9.17, 15) is 4.79 Å². The summed E-state index contributed by atoms with van der Waals surface area (Å²) in [6.45, 7) is 0. The van der Waals surface area contributed by atoms with Crippen LogP contribution in [-0.2, 0) is 11.2 Å². The van der Waals surface area contributed by atoms with E-state index in [-0.39, 0.29) is 24.1 Å². The van der Waals surface area contributed by atoms with Crippen molar-refractivity contribution < 1.29 is 4.79 Å². The average Bonchev–Trinajstić information content (AvgIpc) is 2.34. The second-order valence-corrected chi connectivity index (χ2v) is 3.29. The van der Waals surface area contributed by atoms with Gasteiger partial charge in [-0.3, -0.25) is 4.79 Å². The van der Waals surface area contributed by atoms with Crippen LogP contribution in [0, 0.1) is 0 Å². The fourth-order valence-electron chi connectivity index (χ4n) is 0.751. The number of carbonyl (C=O) groups excluding carboxylic acids is 1. The van der Waals surface area contributed by atoms with Crippen LogP contribution in [0.4, 0.5) is 5.00 Å². The summed E-state index contributed by atoms with van der Waals surface area (Å²) in [5.41, 5.74) is 3.33. The lowest BCUT2D eigenvalue weighted by Crippen LogP contribution is -2.07. The average molecular weight is 227 g/mol. The molecule has 0 aliphatic heterocycles. The molecular weight excluding hydrogens is 219 g/mol. The Bertz CT molecular complexity index is 264. The van der Waals surface area contributed by atoms with Crippen molar-refractivity contribution in [3.8, 4) is 0 Å². The largest absolute Gasteiger partial charge is 0.315 e. The normalized spacial score (nSPS) is 8.83. The first-order valence-corrected chi connectivity index (χ1v) is 4.21. The summed E-state index contributed by atoms with van der Waals surface area (Å²) in [7, 11) is 0. The van der Waals surface area contributed by atoms with Gasteiger partial charge in [-0.15, -0.1) is 23.7 Å². The van der Waals surface area contributed by atoms with Crippen molar-refractivity contribution in [2.75, 3.05) is 5.43 Å². The number of carbonyl (C=O) groups is 1. The first-order valence-electron chi connectivity index (χ1n) is 2.95. The summed E-state index contributed by atoms with van der Waals surface area (Å²) < 4.78 is 0. The summed E-state index contributed by atoms with van der Waals surface area (Å²) in [5.74, 6) is 5.18. The summed E-state index contributed by atoms with van der Waals surface area (Å²) in [5, 5.41) is 2.27. The maximum atomic E-state index is 10.5. The van der Waals surface area contributed by atoms with Gasteiger partial charge in [-0.2, -0.15) is 0 Å². The molecule has 0 unspecified atom stereocenters. The lowest BCUT2D eigenvalue weighted by Gasteiger charge is -1.97. The minimum Gasteiger partial charge on any atom is -0.315 e. The molecule has 0 saturated carbocycles. The van der Waals surface area contributed by atoms with Gasteiger partial charge in [0.2, 0.25) is 5.24 Å². The molecule has 0 aromatic carbocycles. The predicted molar refractivity (Wildman–Crippen MR) is 53.9 cm³/mol. The van der Waals surface area contributed by atoms with Gasteiger partial charge in [0.05, 0.1) is 0 Å². The third-order valence-electron chi connectivity index (χ3n) is 1.21. The van der Waals surface area contributed by atoms with Crippen molar-refractivity contribution in [1.29, 1.82) is 0 Å². The van der Waals surface area contributed by atoms with Gasteiger partial charge in [-0.05, 0) is 28.6 Å². The minimum atomic E-state index is -0.375. The number of anilines is 1. The van der Waals surface area contributed by atoms with Crippen molar-refractivity contribution >= 4 is 45.6 Å². The smallest absolute Gasteiger partial charge is 0.226 e. The molecule has 1 rings (SSSR count). The van der Waals surface area contributed by atoms with Crippen LogP contribution in [0.1, 0.15) is 5.56 Å². The zero-order valence-corrected chi connectivity index (χ0v) is 8.43. The van der Waals surface area contributed by atoms with E-state index < -0.39 is 0 Å². The SMILES string of the molecule is Cl.NNc1sccc1CC(=O)Cl. The number of rotatable bonds is 3. The topological polar surface area (TPSA) is 55.1 Å². The van der Waals surface area contributed by atoms with E-state index >= 15 is 0 Å². The fraction of sp³-hybridized carbons (Fsp3) is 0.167. The Balaban J connectivity index is 0.00000121. The van der Waals surface area contributed by atoms with Gasteiger partial charge in [0.1, 0.15) is 5.00 Å². The second kappa shape index (κ2) is 5.37. The highest BCUT2D eigenvalue weighted by Crippen LogP contribution is 2.22. The van der Waals surface area contributed by atoms with E-state index in [1.54, 1.807) is 0 Å². The third kappa shape index (κ3) is 2.98. The van der Waals surface area contributed by atoms with Crippen LogP contribution in [0.15, 0.2) is 11.4 Å². The number of hydrogen-bond donors (Lipinski definition) is 2. The van der Waals surface area contributed by atoms with Crippen LogP contribution in [0.2, 0.25) is 0 Å². The zero-order chi connectivity index (χ0) is 8.27. The number of hydrazine groups is 1. The zero-order valence-electron chi connectivity index (χ0n) is 6.04. The molecule has 3 nitrogen and oxygen atoms in total. The first-order chi connectivity index (χ1) is 5.24. The summed E-state index contributed by atoms with van der Waals surface area (Å²) >= 11 is 6.64. The molecule has 6 heteroatoms. The van der Waals surface area contributed by atoms with Crippen LogP contribution in [-0.4, -0.2) is 5.24 Å². The van der Waals surface area contributed by atoms with E-state index in [1.807, 2.05) is 11.4 Å². The van der Waals surface area contributed by atoms with Gasteiger partial charge in [0.15, 0.2) is 0 Å². The molecule has 1 aromatic rings. The molecule has 68 valence electrons. The molecule has 0 bridgehead atoms. The van der Waals surface area contributed by atoms with E-state index in [0.717, 1.165) is 10.6 Å². The first kappa shape index (κ1) is 11.7. The maximum Gasteiger partial charge on any atom is 0.226 e. The minimum absolute atomic E-state index is 0. The highest BCUT2D eigenvalue weighted by atomic mass is 35.5. The van der Waals surface area contributed by atoms with E-state index in [2.05, 4.69) is 5.43 Å². The van der Waals surface area contributed by atoms with Crippen molar-refractivity contribution in [3.05, 3.63) is 17.0 Å². The molecule has 1 heterocycles. The van der Waals surface area contributed by atoms with Gasteiger partial charge < -0.3 is 5.43 Å². The predicted octanol–water partition coefficient (Wildman–Crippen LogP) is 1.76. The van der Waals surface area contributed by atoms with Gasteiger partial charge in [-0.1, -0.05) is 0 Å². The Morgan fingerprint density at radius 2 is 2.42 bits per heavy atom. The van der Waals surface area contributed by atoms with Crippen molar-refractivity contribution in [2.24, 2.45) is 5.84 Å². The molecule has 0 aliphatic carbocycles. The Morgan fingerprint density at radius 1 is 1.75 bits per heavy atom. The highest BCUT2D eigenvalue weighted by molar-refractivity contribution is 7.14. The van der Waals surface area contributed by atoms with Crippen molar-refractivity contribution in [1.82, 2.24) is 0 Å². The summed E-state index contributed by atoms with van der Waals surface area (Å²) in [6, 6.07) is 1.82. The fourth-order valence-corrected chi connectivity index (χ4v) is 1.62. The number of halogens is 2. The van der Waals surface area contributed by atoms with E-state index in [1.165, 1.54) is 11.3 Å². The molecule has 0 aliphatic rings.